The molecule has 122 valence electrons. The SMILES string of the molecule is C=C(C)C(=O)NCCCN(C)C.C=CC(=O)OCCCC. The van der Waals surface area contributed by atoms with Crippen LogP contribution in [0.3, 0.4) is 0 Å². The lowest BCUT2D eigenvalue weighted by Gasteiger charge is -2.09. The van der Waals surface area contributed by atoms with Gasteiger partial charge in [0.15, 0.2) is 0 Å². The maximum atomic E-state index is 11.0. The van der Waals surface area contributed by atoms with Crippen LogP contribution in [0.4, 0.5) is 0 Å². The number of hydrogen-bond donors (Lipinski definition) is 1. The molecule has 21 heavy (non-hydrogen) atoms. The summed E-state index contributed by atoms with van der Waals surface area (Å²) in [6.45, 7) is 12.8. The summed E-state index contributed by atoms with van der Waals surface area (Å²) in [6, 6.07) is 0. The Morgan fingerprint density at radius 3 is 2.33 bits per heavy atom. The van der Waals surface area contributed by atoms with Crippen LogP contribution in [0.25, 0.3) is 0 Å². The quantitative estimate of drug-likeness (QED) is 0.402. The van der Waals surface area contributed by atoms with Crippen LogP contribution in [0.2, 0.25) is 0 Å². The first-order chi connectivity index (χ1) is 9.84. The second kappa shape index (κ2) is 14.8. The number of unbranched alkanes of at least 4 members (excludes halogenated alkanes) is 1. The molecule has 0 bridgehead atoms. The van der Waals surface area contributed by atoms with Gasteiger partial charge in [0, 0.05) is 18.2 Å². The second-order valence-electron chi connectivity index (χ2n) is 4.92. The monoisotopic (exact) mass is 298 g/mol. The lowest BCUT2D eigenvalue weighted by molar-refractivity contribution is -0.137. The fourth-order valence-corrected chi connectivity index (χ4v) is 1.12. The Bertz CT molecular complexity index is 325. The van der Waals surface area contributed by atoms with Crippen LogP contribution in [0.5, 0.6) is 0 Å². The van der Waals surface area contributed by atoms with Crippen molar-refractivity contribution < 1.29 is 14.3 Å². The first-order valence-electron chi connectivity index (χ1n) is 7.22. The van der Waals surface area contributed by atoms with Gasteiger partial charge < -0.3 is 15.0 Å². The van der Waals surface area contributed by atoms with E-state index in [2.05, 4.69) is 28.1 Å². The van der Waals surface area contributed by atoms with Gasteiger partial charge in [-0.05, 0) is 40.4 Å². The summed E-state index contributed by atoms with van der Waals surface area (Å²) in [7, 11) is 4.03. The highest BCUT2D eigenvalue weighted by Crippen LogP contribution is 1.88. The molecule has 0 saturated heterocycles. The molecule has 0 radical (unpaired) electrons. The Morgan fingerprint density at radius 1 is 1.29 bits per heavy atom. The van der Waals surface area contributed by atoms with Crippen molar-refractivity contribution in [2.45, 2.75) is 33.1 Å². The van der Waals surface area contributed by atoms with E-state index in [-0.39, 0.29) is 11.9 Å². The molecule has 0 unspecified atom stereocenters. The first kappa shape index (κ1) is 21.7. The molecule has 0 heterocycles. The minimum absolute atomic E-state index is 0.0474. The molecule has 0 spiro atoms. The zero-order chi connectivity index (χ0) is 16.7. The van der Waals surface area contributed by atoms with Crippen molar-refractivity contribution in [1.82, 2.24) is 10.2 Å². The van der Waals surface area contributed by atoms with E-state index >= 15 is 0 Å². The molecule has 1 amide bonds. The average molecular weight is 298 g/mol. The number of rotatable bonds is 9. The molecule has 0 rings (SSSR count). The van der Waals surface area contributed by atoms with E-state index in [9.17, 15) is 9.59 Å². The van der Waals surface area contributed by atoms with Gasteiger partial charge in [-0.2, -0.15) is 0 Å². The number of carbonyl (C=O) groups is 2. The van der Waals surface area contributed by atoms with Gasteiger partial charge in [0.2, 0.25) is 5.91 Å². The molecule has 0 aromatic carbocycles. The van der Waals surface area contributed by atoms with Gasteiger partial charge in [-0.25, -0.2) is 4.79 Å². The van der Waals surface area contributed by atoms with Crippen molar-refractivity contribution in [3.8, 4) is 0 Å². The Balaban J connectivity index is 0. The second-order valence-corrected chi connectivity index (χ2v) is 4.92. The van der Waals surface area contributed by atoms with Crippen molar-refractivity contribution in [2.24, 2.45) is 0 Å². The summed E-state index contributed by atoms with van der Waals surface area (Å²) in [5.41, 5.74) is 0.569. The summed E-state index contributed by atoms with van der Waals surface area (Å²) in [5.74, 6) is -0.378. The molecule has 0 aliphatic heterocycles. The summed E-state index contributed by atoms with van der Waals surface area (Å²) in [6.07, 6.45) is 4.13. The third-order valence-corrected chi connectivity index (χ3v) is 2.36. The number of esters is 1. The Hall–Kier alpha value is -1.62. The van der Waals surface area contributed by atoms with E-state index in [1.54, 1.807) is 6.92 Å². The predicted octanol–water partition coefficient (Wildman–Crippen LogP) is 2.15. The highest BCUT2D eigenvalue weighted by molar-refractivity contribution is 5.91. The van der Waals surface area contributed by atoms with E-state index < -0.39 is 0 Å². The van der Waals surface area contributed by atoms with Gasteiger partial charge in [0.25, 0.3) is 0 Å². The zero-order valence-corrected chi connectivity index (χ0v) is 13.9. The van der Waals surface area contributed by atoms with Crippen molar-refractivity contribution in [1.29, 1.82) is 0 Å². The number of nitrogens with one attached hydrogen (secondary N) is 1. The van der Waals surface area contributed by atoms with Crippen LogP contribution in [0.15, 0.2) is 24.8 Å². The predicted molar refractivity (Wildman–Crippen MR) is 87.1 cm³/mol. The largest absolute Gasteiger partial charge is 0.463 e. The van der Waals surface area contributed by atoms with Crippen LogP contribution in [0.1, 0.15) is 33.1 Å². The molecule has 1 N–H and O–H groups in total. The van der Waals surface area contributed by atoms with Crippen molar-refractivity contribution in [3.63, 3.8) is 0 Å². The van der Waals surface area contributed by atoms with Gasteiger partial charge in [-0.3, -0.25) is 4.79 Å². The van der Waals surface area contributed by atoms with Crippen molar-refractivity contribution in [3.05, 3.63) is 24.8 Å². The van der Waals surface area contributed by atoms with Crippen LogP contribution in [0, 0.1) is 0 Å². The van der Waals surface area contributed by atoms with Crippen LogP contribution < -0.4 is 5.32 Å². The third kappa shape index (κ3) is 18.4. The topological polar surface area (TPSA) is 58.6 Å². The Labute approximate surface area is 129 Å². The molecule has 5 nitrogen and oxygen atoms in total. The summed E-state index contributed by atoms with van der Waals surface area (Å²) in [4.78, 5) is 23.4. The molecule has 0 atom stereocenters. The van der Waals surface area contributed by atoms with E-state index in [0.29, 0.717) is 12.2 Å². The zero-order valence-electron chi connectivity index (χ0n) is 13.9. The molecule has 0 saturated carbocycles. The van der Waals surface area contributed by atoms with E-state index in [0.717, 1.165) is 32.4 Å². The van der Waals surface area contributed by atoms with Crippen LogP contribution in [-0.2, 0) is 14.3 Å². The molecular formula is C16H30N2O3. The molecule has 5 heteroatoms. The number of nitrogens with zero attached hydrogens (tertiary/aromatic N) is 1. The van der Waals surface area contributed by atoms with Crippen LogP contribution in [-0.4, -0.2) is 50.6 Å². The van der Waals surface area contributed by atoms with Gasteiger partial charge in [0.1, 0.15) is 0 Å². The standard InChI is InChI=1S/C9H18N2O.C7H12O2/c1-8(2)9(12)10-6-5-7-11(3)4;1-3-5-6-9-7(8)4-2/h1,5-7H2,2-4H3,(H,10,12);4H,2-3,5-6H2,1H3. The van der Waals surface area contributed by atoms with Crippen molar-refractivity contribution in [2.75, 3.05) is 33.8 Å². The highest BCUT2D eigenvalue weighted by Gasteiger charge is 1.99. The van der Waals surface area contributed by atoms with Crippen LogP contribution >= 0.6 is 0 Å². The number of carbonyl (C=O) groups excluding carboxylic acids is 2. The van der Waals surface area contributed by atoms with Gasteiger partial charge in [-0.15, -0.1) is 0 Å². The molecular weight excluding hydrogens is 268 g/mol. The molecule has 0 aliphatic carbocycles. The molecule has 0 aromatic rings. The maximum absolute atomic E-state index is 11.0. The van der Waals surface area contributed by atoms with E-state index in [1.807, 2.05) is 21.0 Å². The van der Waals surface area contributed by atoms with E-state index in [4.69, 9.17) is 0 Å². The molecule has 0 aliphatic rings. The minimum atomic E-state index is -0.330. The van der Waals surface area contributed by atoms with Crippen molar-refractivity contribution >= 4 is 11.9 Å². The average Bonchev–Trinajstić information content (AvgIpc) is 2.43. The summed E-state index contributed by atoms with van der Waals surface area (Å²) in [5, 5.41) is 2.77. The van der Waals surface area contributed by atoms with E-state index in [1.165, 1.54) is 6.08 Å². The number of ether oxygens (including phenoxy) is 1. The summed E-state index contributed by atoms with van der Waals surface area (Å²) < 4.78 is 4.67. The lowest BCUT2D eigenvalue weighted by atomic mass is 10.3. The normalized spacial score (nSPS) is 9.38. The van der Waals surface area contributed by atoms with Gasteiger partial charge >= 0.3 is 5.97 Å². The molecule has 0 aromatic heterocycles. The fourth-order valence-electron chi connectivity index (χ4n) is 1.12. The minimum Gasteiger partial charge on any atom is -0.463 e. The number of amides is 1. The Kier molecular flexibility index (Phi) is 15.3. The lowest BCUT2D eigenvalue weighted by Crippen LogP contribution is -2.27. The first-order valence-corrected chi connectivity index (χ1v) is 7.22. The Morgan fingerprint density at radius 2 is 1.90 bits per heavy atom. The maximum Gasteiger partial charge on any atom is 0.330 e. The number of hydrogen-bond acceptors (Lipinski definition) is 4. The van der Waals surface area contributed by atoms with Gasteiger partial charge in [0.05, 0.1) is 6.61 Å². The highest BCUT2D eigenvalue weighted by atomic mass is 16.5. The summed E-state index contributed by atoms with van der Waals surface area (Å²) >= 11 is 0. The molecule has 0 fully saturated rings. The third-order valence-electron chi connectivity index (χ3n) is 2.36. The van der Waals surface area contributed by atoms with Gasteiger partial charge in [-0.1, -0.05) is 26.5 Å². The fraction of sp³-hybridized carbons (Fsp3) is 0.625. The smallest absolute Gasteiger partial charge is 0.330 e.